The Morgan fingerprint density at radius 3 is 2.78 bits per heavy atom. The number of benzene rings is 2. The quantitative estimate of drug-likeness (QED) is 0.393. The van der Waals surface area contributed by atoms with Crippen molar-refractivity contribution in [3.63, 3.8) is 0 Å². The van der Waals surface area contributed by atoms with Crippen LogP contribution in [0.4, 0.5) is 0 Å². The van der Waals surface area contributed by atoms with Gasteiger partial charge in [-0.15, -0.1) is 5.10 Å². The average Bonchev–Trinajstić information content (AvgIpc) is 3.33. The first-order valence-electron chi connectivity index (χ1n) is 9.55. The van der Waals surface area contributed by atoms with E-state index in [1.54, 1.807) is 37.3 Å². The van der Waals surface area contributed by atoms with Crippen LogP contribution in [0.5, 0.6) is 5.75 Å². The number of rotatable bonds is 7. The Morgan fingerprint density at radius 2 is 2.03 bits per heavy atom. The summed E-state index contributed by atoms with van der Waals surface area (Å²) in [5.74, 6) is -0.259. The van der Waals surface area contributed by atoms with Crippen LogP contribution in [-0.4, -0.2) is 42.3 Å². The second-order valence-electron chi connectivity index (χ2n) is 6.53. The van der Waals surface area contributed by atoms with Crippen LogP contribution in [0, 0.1) is 0 Å². The van der Waals surface area contributed by atoms with Gasteiger partial charge >= 0.3 is 5.97 Å². The number of halogens is 1. The Hall–Kier alpha value is -4.05. The molecule has 0 amide bonds. The van der Waals surface area contributed by atoms with Crippen LogP contribution >= 0.6 is 11.6 Å². The van der Waals surface area contributed by atoms with Crippen molar-refractivity contribution < 1.29 is 14.3 Å². The van der Waals surface area contributed by atoms with E-state index in [9.17, 15) is 9.59 Å². The molecule has 4 rings (SSSR count). The number of esters is 1. The van der Waals surface area contributed by atoms with Crippen molar-refractivity contribution in [3.05, 3.63) is 87.8 Å². The van der Waals surface area contributed by atoms with E-state index in [0.29, 0.717) is 22.1 Å². The summed E-state index contributed by atoms with van der Waals surface area (Å²) in [6, 6.07) is 12.3. The lowest BCUT2D eigenvalue weighted by Crippen LogP contribution is -2.26. The van der Waals surface area contributed by atoms with Gasteiger partial charge in [-0.2, -0.15) is 4.68 Å². The first kappa shape index (κ1) is 21.2. The predicted molar refractivity (Wildman–Crippen MR) is 114 cm³/mol. The highest BCUT2D eigenvalue weighted by molar-refractivity contribution is 6.30. The molecule has 0 saturated heterocycles. The maximum Gasteiger partial charge on any atom is 0.345 e. The molecule has 32 heavy (non-hydrogen) atoms. The highest BCUT2D eigenvalue weighted by Crippen LogP contribution is 2.26. The molecule has 0 aliphatic heterocycles. The van der Waals surface area contributed by atoms with Gasteiger partial charge in [0.2, 0.25) is 0 Å². The van der Waals surface area contributed by atoms with Crippen molar-refractivity contribution in [2.75, 3.05) is 6.61 Å². The highest BCUT2D eigenvalue weighted by Gasteiger charge is 2.16. The monoisotopic (exact) mass is 452 g/mol. The van der Waals surface area contributed by atoms with Gasteiger partial charge in [-0.3, -0.25) is 9.36 Å². The standard InChI is InChI=1S/C21H17ClN6O4/c1-2-31-21(30)17-10-23-12-27(20(17)29)16-6-7-19(18(9-16)28-13-24-25-26-28)32-11-14-4-3-5-15(22)8-14/h3-10,12-13H,2,11H2,1H3. The van der Waals surface area contributed by atoms with Gasteiger partial charge in [0.15, 0.2) is 0 Å². The molecule has 0 atom stereocenters. The van der Waals surface area contributed by atoms with Gasteiger partial charge in [0.1, 0.15) is 36.3 Å². The third-order valence-electron chi connectivity index (χ3n) is 4.43. The summed E-state index contributed by atoms with van der Waals surface area (Å²) in [5, 5.41) is 11.9. The minimum absolute atomic E-state index is 0.148. The SMILES string of the molecule is CCOC(=O)c1cncn(-c2ccc(OCc3cccc(Cl)c3)c(-n3cnnn3)c2)c1=O. The predicted octanol–water partition coefficient (Wildman–Crippen LogP) is 2.62. The van der Waals surface area contributed by atoms with E-state index in [1.807, 2.05) is 12.1 Å². The van der Waals surface area contributed by atoms with Crippen LogP contribution in [0.3, 0.4) is 0 Å². The number of hydrogen-bond acceptors (Lipinski definition) is 8. The van der Waals surface area contributed by atoms with E-state index < -0.39 is 11.5 Å². The van der Waals surface area contributed by atoms with Gasteiger partial charge in [-0.25, -0.2) is 9.78 Å². The summed E-state index contributed by atoms with van der Waals surface area (Å²) >= 11 is 6.04. The fourth-order valence-electron chi connectivity index (χ4n) is 2.96. The molecule has 162 valence electrons. The fourth-order valence-corrected chi connectivity index (χ4v) is 3.17. The second kappa shape index (κ2) is 9.40. The molecule has 0 unspecified atom stereocenters. The number of ether oxygens (including phenoxy) is 2. The smallest absolute Gasteiger partial charge is 0.345 e. The first-order valence-corrected chi connectivity index (χ1v) is 9.93. The molecule has 4 aromatic rings. The van der Waals surface area contributed by atoms with E-state index in [4.69, 9.17) is 21.1 Å². The summed E-state index contributed by atoms with van der Waals surface area (Å²) in [5.41, 5.74) is 1.08. The number of hydrogen-bond donors (Lipinski definition) is 0. The van der Waals surface area contributed by atoms with Gasteiger partial charge in [-0.05, 0) is 53.2 Å². The van der Waals surface area contributed by atoms with Crippen molar-refractivity contribution in [2.45, 2.75) is 13.5 Å². The molecule has 2 aromatic carbocycles. The minimum atomic E-state index is -0.735. The first-order chi connectivity index (χ1) is 15.6. The van der Waals surface area contributed by atoms with Gasteiger partial charge in [0.05, 0.1) is 12.3 Å². The molecular weight excluding hydrogens is 436 g/mol. The lowest BCUT2D eigenvalue weighted by Gasteiger charge is -2.14. The summed E-state index contributed by atoms with van der Waals surface area (Å²) in [7, 11) is 0. The van der Waals surface area contributed by atoms with E-state index >= 15 is 0 Å². The zero-order valence-corrected chi connectivity index (χ0v) is 17.6. The lowest BCUT2D eigenvalue weighted by atomic mass is 10.2. The molecule has 2 aromatic heterocycles. The van der Waals surface area contributed by atoms with Crippen LogP contribution in [0.1, 0.15) is 22.8 Å². The highest BCUT2D eigenvalue weighted by atomic mass is 35.5. The summed E-state index contributed by atoms with van der Waals surface area (Å²) in [6.45, 7) is 2.07. The lowest BCUT2D eigenvalue weighted by molar-refractivity contribution is 0.0523. The maximum atomic E-state index is 12.8. The Labute approximate surface area is 187 Å². The molecule has 0 spiro atoms. The van der Waals surface area contributed by atoms with Crippen LogP contribution in [0.2, 0.25) is 5.02 Å². The summed E-state index contributed by atoms with van der Waals surface area (Å²) in [6.07, 6.45) is 3.90. The normalized spacial score (nSPS) is 10.7. The van der Waals surface area contributed by atoms with Gasteiger partial charge in [0, 0.05) is 11.2 Å². The molecule has 0 bridgehead atoms. The number of carbonyl (C=O) groups excluding carboxylic acids is 1. The van der Waals surface area contributed by atoms with Crippen LogP contribution < -0.4 is 10.3 Å². The third kappa shape index (κ3) is 4.49. The Morgan fingerprint density at radius 1 is 1.16 bits per heavy atom. The second-order valence-corrected chi connectivity index (χ2v) is 6.96. The number of tetrazole rings is 1. The Bertz CT molecular complexity index is 1310. The number of aromatic nitrogens is 6. The van der Waals surface area contributed by atoms with Gasteiger partial charge in [-0.1, -0.05) is 23.7 Å². The summed E-state index contributed by atoms with van der Waals surface area (Å²) < 4.78 is 13.5. The van der Waals surface area contributed by atoms with Crippen LogP contribution in [0.25, 0.3) is 11.4 Å². The largest absolute Gasteiger partial charge is 0.487 e. The van der Waals surface area contributed by atoms with Crippen molar-refractivity contribution in [1.29, 1.82) is 0 Å². The van der Waals surface area contributed by atoms with Crippen molar-refractivity contribution in [1.82, 2.24) is 29.8 Å². The molecule has 0 saturated carbocycles. The molecule has 11 heteroatoms. The minimum Gasteiger partial charge on any atom is -0.487 e. The van der Waals surface area contributed by atoms with Crippen molar-refractivity contribution in [2.24, 2.45) is 0 Å². The van der Waals surface area contributed by atoms with Crippen LogP contribution in [0.15, 0.2) is 66.1 Å². The fraction of sp³-hybridized carbons (Fsp3) is 0.143. The molecule has 0 aliphatic carbocycles. The van der Waals surface area contributed by atoms with Crippen LogP contribution in [-0.2, 0) is 11.3 Å². The maximum absolute atomic E-state index is 12.8. The summed E-state index contributed by atoms with van der Waals surface area (Å²) in [4.78, 5) is 28.9. The number of carbonyl (C=O) groups is 1. The zero-order valence-electron chi connectivity index (χ0n) is 16.9. The zero-order chi connectivity index (χ0) is 22.5. The topological polar surface area (TPSA) is 114 Å². The Balaban J connectivity index is 1.72. The van der Waals surface area contributed by atoms with Gasteiger partial charge < -0.3 is 9.47 Å². The molecule has 2 heterocycles. The van der Waals surface area contributed by atoms with E-state index in [1.165, 1.54) is 28.1 Å². The van der Waals surface area contributed by atoms with Gasteiger partial charge in [0.25, 0.3) is 5.56 Å². The van der Waals surface area contributed by atoms with Crippen molar-refractivity contribution in [3.8, 4) is 17.1 Å². The van der Waals surface area contributed by atoms with E-state index in [0.717, 1.165) is 5.56 Å². The number of nitrogens with zero attached hydrogens (tertiary/aromatic N) is 6. The molecular formula is C21H17ClN6O4. The van der Waals surface area contributed by atoms with E-state index in [2.05, 4.69) is 20.5 Å². The molecule has 10 nitrogen and oxygen atoms in total. The molecule has 0 N–H and O–H groups in total. The Kier molecular flexibility index (Phi) is 6.22. The molecule has 0 fully saturated rings. The van der Waals surface area contributed by atoms with E-state index in [-0.39, 0.29) is 18.8 Å². The third-order valence-corrected chi connectivity index (χ3v) is 4.67. The van der Waals surface area contributed by atoms with Crippen molar-refractivity contribution >= 4 is 17.6 Å². The average molecular weight is 453 g/mol. The molecule has 0 aliphatic rings. The molecule has 0 radical (unpaired) electrons.